The quantitative estimate of drug-likeness (QED) is 0.0243. The molecule has 466 valence electrons. The maximum absolute atomic E-state index is 13.0. The second-order valence-electron chi connectivity index (χ2n) is 24.2. The van der Waals surface area contributed by atoms with E-state index in [1.807, 2.05) is 27.2 Å². The summed E-state index contributed by atoms with van der Waals surface area (Å²) in [6, 6.07) is -0.854. The summed E-state index contributed by atoms with van der Waals surface area (Å²) >= 11 is 0. The van der Waals surface area contributed by atoms with Crippen molar-refractivity contribution in [3.8, 4) is 0 Å². The summed E-state index contributed by atoms with van der Waals surface area (Å²) in [4.78, 5) is 23.4. The molecule has 0 spiro atoms. The highest BCUT2D eigenvalue weighted by molar-refractivity contribution is 7.47. The lowest BCUT2D eigenvalue weighted by Crippen LogP contribution is -2.45. The molecule has 0 heterocycles. The molecule has 0 fully saturated rings. The lowest BCUT2D eigenvalue weighted by Gasteiger charge is -2.25. The number of carbonyl (C=O) groups excluding carboxylic acids is 1. The fourth-order valence-electron chi connectivity index (χ4n) is 9.87. The molecular weight excluding hydrogens is 1010 g/mol. The lowest BCUT2D eigenvalue weighted by atomic mass is 10.0. The minimum atomic E-state index is -4.36. The van der Waals surface area contributed by atoms with Gasteiger partial charge in [0.05, 0.1) is 39.9 Å². The average Bonchev–Trinajstić information content (AvgIpc) is 3.42. The zero-order valence-corrected chi connectivity index (χ0v) is 54.2. The van der Waals surface area contributed by atoms with Crippen molar-refractivity contribution >= 4 is 13.7 Å². The van der Waals surface area contributed by atoms with Gasteiger partial charge in [-0.25, -0.2) is 4.57 Å². The molecular formula is C71H132N2O6P+. The fourth-order valence-corrected chi connectivity index (χ4v) is 10.6. The smallest absolute Gasteiger partial charge is 0.387 e. The van der Waals surface area contributed by atoms with Crippen LogP contribution in [0.3, 0.4) is 0 Å². The van der Waals surface area contributed by atoms with Gasteiger partial charge in [-0.3, -0.25) is 13.8 Å². The van der Waals surface area contributed by atoms with Gasteiger partial charge in [0.25, 0.3) is 0 Å². The van der Waals surface area contributed by atoms with E-state index in [1.165, 1.54) is 212 Å². The molecule has 0 aliphatic rings. The zero-order chi connectivity index (χ0) is 58.4. The Morgan fingerprint density at radius 3 is 1.10 bits per heavy atom. The molecule has 0 saturated carbocycles. The number of phosphoric ester groups is 1. The van der Waals surface area contributed by atoms with Crippen LogP contribution < -0.4 is 5.32 Å². The molecule has 0 radical (unpaired) electrons. The van der Waals surface area contributed by atoms with Crippen molar-refractivity contribution < 1.29 is 32.9 Å². The Labute approximate surface area is 497 Å². The van der Waals surface area contributed by atoms with Crippen LogP contribution in [-0.4, -0.2) is 73.4 Å². The standard InChI is InChI=1S/C71H131N2O6P/c1-6-8-10-12-14-16-18-20-22-24-26-28-30-32-34-35-36-37-39-41-43-45-47-49-51-53-55-57-59-61-63-65-71(75)72-69(68-79-80(76,77)78-67-66-73(3,4)5)70(74)64-62-60-58-56-54-52-50-48-46-44-42-40-38-33-31-29-27-25-23-21-19-17-15-13-11-9-7-2/h8,10,14,16,20,22,26,28,32,34,36-37,62,64,69-70,74H,6-7,9,11-13,15,17-19,21,23-25,27,29-31,33,35,38-61,63,65-68H2,1-5H3,(H-,72,75,76,77)/p+1/b10-8-,16-14-,22-20-,28-26-,34-32-,37-36-,64-62+. The van der Waals surface area contributed by atoms with E-state index in [0.29, 0.717) is 17.4 Å². The van der Waals surface area contributed by atoms with Crippen LogP contribution in [0.4, 0.5) is 0 Å². The molecule has 1 amide bonds. The minimum Gasteiger partial charge on any atom is -0.387 e. The Balaban J connectivity index is 4.12. The fraction of sp³-hybridized carbons (Fsp3) is 0.789. The number of unbranched alkanes of at least 4 members (excludes halogenated alkanes) is 37. The number of aliphatic hydroxyl groups is 1. The van der Waals surface area contributed by atoms with E-state index in [9.17, 15) is 19.4 Å². The third-order valence-electron chi connectivity index (χ3n) is 15.1. The molecule has 0 aromatic carbocycles. The van der Waals surface area contributed by atoms with Gasteiger partial charge < -0.3 is 19.8 Å². The predicted molar refractivity (Wildman–Crippen MR) is 350 cm³/mol. The Kier molecular flexibility index (Phi) is 59.5. The molecule has 0 aromatic heterocycles. The van der Waals surface area contributed by atoms with Crippen LogP contribution >= 0.6 is 7.82 Å². The predicted octanol–water partition coefficient (Wildman–Crippen LogP) is 21.5. The van der Waals surface area contributed by atoms with Crippen LogP contribution in [0.5, 0.6) is 0 Å². The van der Waals surface area contributed by atoms with Crippen molar-refractivity contribution in [3.63, 3.8) is 0 Å². The van der Waals surface area contributed by atoms with Crippen LogP contribution in [0.2, 0.25) is 0 Å². The van der Waals surface area contributed by atoms with Crippen molar-refractivity contribution in [3.05, 3.63) is 85.1 Å². The number of hydrogen-bond acceptors (Lipinski definition) is 5. The van der Waals surface area contributed by atoms with Gasteiger partial charge in [-0.15, -0.1) is 0 Å². The Morgan fingerprint density at radius 2 is 0.750 bits per heavy atom. The van der Waals surface area contributed by atoms with Gasteiger partial charge in [-0.1, -0.05) is 317 Å². The molecule has 0 aromatic rings. The van der Waals surface area contributed by atoms with E-state index < -0.39 is 20.0 Å². The van der Waals surface area contributed by atoms with Gasteiger partial charge in [0, 0.05) is 6.42 Å². The first-order valence-electron chi connectivity index (χ1n) is 34.0. The second kappa shape index (κ2) is 61.2. The van der Waals surface area contributed by atoms with Crippen LogP contribution in [0.25, 0.3) is 0 Å². The van der Waals surface area contributed by atoms with Gasteiger partial charge in [0.2, 0.25) is 5.91 Å². The number of quaternary nitrogens is 1. The van der Waals surface area contributed by atoms with Crippen molar-refractivity contribution in [1.29, 1.82) is 0 Å². The first kappa shape index (κ1) is 77.7. The number of allylic oxidation sites excluding steroid dienone is 13. The van der Waals surface area contributed by atoms with E-state index in [1.54, 1.807) is 6.08 Å². The van der Waals surface area contributed by atoms with Crippen LogP contribution in [0.1, 0.15) is 309 Å². The highest BCUT2D eigenvalue weighted by Gasteiger charge is 2.28. The number of carbonyl (C=O) groups is 1. The van der Waals surface area contributed by atoms with Gasteiger partial charge in [0.15, 0.2) is 0 Å². The van der Waals surface area contributed by atoms with Crippen molar-refractivity contribution in [2.45, 2.75) is 321 Å². The molecule has 8 nitrogen and oxygen atoms in total. The van der Waals surface area contributed by atoms with Crippen LogP contribution in [0, 0.1) is 0 Å². The average molecular weight is 1140 g/mol. The maximum Gasteiger partial charge on any atom is 0.472 e. The normalized spacial score (nSPS) is 14.2. The van der Waals surface area contributed by atoms with Crippen molar-refractivity contribution in [1.82, 2.24) is 5.32 Å². The number of nitrogens with one attached hydrogen (secondary N) is 1. The summed E-state index contributed by atoms with van der Waals surface area (Å²) in [5, 5.41) is 14.0. The first-order valence-corrected chi connectivity index (χ1v) is 35.5. The molecule has 0 rings (SSSR count). The largest absolute Gasteiger partial charge is 0.472 e. The summed E-state index contributed by atoms with van der Waals surface area (Å²) in [6.45, 7) is 4.73. The van der Waals surface area contributed by atoms with Crippen LogP contribution in [0.15, 0.2) is 85.1 Å². The van der Waals surface area contributed by atoms with Gasteiger partial charge >= 0.3 is 7.82 Å². The summed E-state index contributed by atoms with van der Waals surface area (Å²) in [5.41, 5.74) is 0. The molecule has 80 heavy (non-hydrogen) atoms. The topological polar surface area (TPSA) is 105 Å². The number of phosphoric acid groups is 1. The molecule has 9 heteroatoms. The molecule has 0 aliphatic heterocycles. The maximum atomic E-state index is 13.0. The van der Waals surface area contributed by atoms with E-state index in [0.717, 1.165) is 77.0 Å². The summed E-state index contributed by atoms with van der Waals surface area (Å²) in [6.07, 6.45) is 87.1. The summed E-state index contributed by atoms with van der Waals surface area (Å²) in [7, 11) is 1.57. The molecule has 0 aliphatic carbocycles. The Morgan fingerprint density at radius 1 is 0.438 bits per heavy atom. The first-order chi connectivity index (χ1) is 39.0. The molecule has 0 bridgehead atoms. The van der Waals surface area contributed by atoms with Crippen LogP contribution in [-0.2, 0) is 18.4 Å². The highest BCUT2D eigenvalue weighted by Crippen LogP contribution is 2.43. The van der Waals surface area contributed by atoms with E-state index in [4.69, 9.17) is 9.05 Å². The van der Waals surface area contributed by atoms with Gasteiger partial charge in [-0.2, -0.15) is 0 Å². The van der Waals surface area contributed by atoms with Gasteiger partial charge in [0.1, 0.15) is 13.2 Å². The number of rotatable bonds is 62. The number of amides is 1. The number of aliphatic hydroxyl groups excluding tert-OH is 1. The molecule has 3 atom stereocenters. The molecule has 3 N–H and O–H groups in total. The van der Waals surface area contributed by atoms with E-state index in [2.05, 4.69) is 92.1 Å². The van der Waals surface area contributed by atoms with E-state index in [-0.39, 0.29) is 19.1 Å². The zero-order valence-electron chi connectivity index (χ0n) is 53.3. The van der Waals surface area contributed by atoms with Crippen molar-refractivity contribution in [2.75, 3.05) is 40.9 Å². The van der Waals surface area contributed by atoms with Gasteiger partial charge in [-0.05, 0) is 70.6 Å². The summed E-state index contributed by atoms with van der Waals surface area (Å²) < 4.78 is 23.8. The molecule has 3 unspecified atom stereocenters. The van der Waals surface area contributed by atoms with E-state index >= 15 is 0 Å². The van der Waals surface area contributed by atoms with Crippen molar-refractivity contribution in [2.24, 2.45) is 0 Å². The molecule has 0 saturated heterocycles. The number of nitrogens with zero attached hydrogens (tertiary/aromatic N) is 1. The third-order valence-corrected chi connectivity index (χ3v) is 16.1. The lowest BCUT2D eigenvalue weighted by molar-refractivity contribution is -0.870. The SMILES string of the molecule is CC/C=C\C/C=C\C/C=C\C/C=C\C/C=C\C/C=C\CCCCCCCCCCCCCCC(=O)NC(COP(=O)(O)OCC[N+](C)(C)C)C(O)/C=C/CCCCCCCCCCCCCCCCCCCCCCCCCCC. The Bertz CT molecular complexity index is 1580. The highest BCUT2D eigenvalue weighted by atomic mass is 31.2. The monoisotopic (exact) mass is 1140 g/mol. The Hall–Kier alpha value is -2.32. The number of hydrogen-bond donors (Lipinski definition) is 3. The second-order valence-corrected chi connectivity index (χ2v) is 25.6. The summed E-state index contributed by atoms with van der Waals surface area (Å²) in [5.74, 6) is -0.178. The third kappa shape index (κ3) is 63.3. The number of likely N-dealkylation sites (N-methyl/N-ethyl adjacent to an activating group) is 1. The minimum absolute atomic E-state index is 0.0587.